The predicted octanol–water partition coefficient (Wildman–Crippen LogP) is 0.741. The van der Waals surface area contributed by atoms with Crippen molar-refractivity contribution in [3.8, 4) is 0 Å². The lowest BCUT2D eigenvalue weighted by molar-refractivity contribution is -0.886. The fourth-order valence-electron chi connectivity index (χ4n) is 0.929. The lowest BCUT2D eigenvalue weighted by Gasteiger charge is -1.89. The summed E-state index contributed by atoms with van der Waals surface area (Å²) < 4.78 is 0.939. The first-order chi connectivity index (χ1) is 5.29. The second-order valence-electron chi connectivity index (χ2n) is 2.14. The molecular weight excluding hydrogens is 166 g/mol. The largest absolute Gasteiger partial charge is 0.350 e. The van der Waals surface area contributed by atoms with Crippen LogP contribution in [0.1, 0.15) is 0 Å². The van der Waals surface area contributed by atoms with Crippen molar-refractivity contribution in [1.29, 1.82) is 0 Å². The van der Waals surface area contributed by atoms with Crippen LogP contribution >= 0.6 is 11.6 Å². The maximum Gasteiger partial charge on any atom is 0.349 e. The summed E-state index contributed by atoms with van der Waals surface area (Å²) >= 11 is 5.79. The Morgan fingerprint density at radius 3 is 3.18 bits per heavy atom. The van der Waals surface area contributed by atoms with E-state index in [2.05, 4.69) is 10.2 Å². The topological polar surface area (TPSA) is 52.8 Å². The van der Waals surface area contributed by atoms with Gasteiger partial charge in [0.15, 0.2) is 0 Å². The van der Waals surface area contributed by atoms with Gasteiger partial charge in [0.25, 0.3) is 0 Å². The van der Waals surface area contributed by atoms with Crippen molar-refractivity contribution < 1.29 is 9.94 Å². The zero-order chi connectivity index (χ0) is 7.84. The van der Waals surface area contributed by atoms with Crippen molar-refractivity contribution >= 4 is 22.6 Å². The number of pyridine rings is 1. The van der Waals surface area contributed by atoms with Gasteiger partial charge in [-0.3, -0.25) is 0 Å². The number of rotatable bonds is 0. The second-order valence-corrected chi connectivity index (χ2v) is 2.55. The Balaban J connectivity index is 2.96. The lowest BCUT2D eigenvalue weighted by Crippen LogP contribution is -2.30. The first-order valence-corrected chi connectivity index (χ1v) is 3.39. The molecule has 2 N–H and O–H groups in total. The van der Waals surface area contributed by atoms with E-state index in [9.17, 15) is 5.21 Å². The first-order valence-electron chi connectivity index (χ1n) is 3.01. The zero-order valence-corrected chi connectivity index (χ0v) is 6.21. The molecule has 4 nitrogen and oxygen atoms in total. The first kappa shape index (κ1) is 6.42. The third-order valence-electron chi connectivity index (χ3n) is 1.47. The number of aromatic amines is 1. The number of H-pyrrole nitrogens is 1. The molecule has 56 valence electrons. The molecule has 0 fully saturated rings. The minimum absolute atomic E-state index is 0.498. The molecule has 0 amide bonds. The van der Waals surface area contributed by atoms with Crippen LogP contribution in [-0.4, -0.2) is 15.4 Å². The van der Waals surface area contributed by atoms with Crippen LogP contribution in [0.3, 0.4) is 0 Å². The third kappa shape index (κ3) is 0.832. The van der Waals surface area contributed by atoms with Gasteiger partial charge in [-0.2, -0.15) is 0 Å². The van der Waals surface area contributed by atoms with E-state index in [1.54, 1.807) is 12.3 Å². The molecule has 0 aliphatic heterocycles. The average molecular weight is 171 g/mol. The molecule has 0 radical (unpaired) electrons. The molecule has 0 spiro atoms. The maximum absolute atomic E-state index is 9.17. The summed E-state index contributed by atoms with van der Waals surface area (Å²) in [6.07, 6.45) is 3.01. The monoisotopic (exact) mass is 170 g/mol. The number of hydrogen-bond acceptors (Lipinski definition) is 2. The average Bonchev–Trinajstić information content (AvgIpc) is 2.45. The van der Waals surface area contributed by atoms with Crippen molar-refractivity contribution in [2.75, 3.05) is 0 Å². The number of nitrogens with one attached hydrogen (secondary N) is 1. The van der Waals surface area contributed by atoms with E-state index >= 15 is 0 Å². The summed E-state index contributed by atoms with van der Waals surface area (Å²) in [6, 6.07) is 1.60. The number of halogens is 1. The number of nitrogens with zero attached hydrogens (tertiary/aromatic N) is 2. The van der Waals surface area contributed by atoms with Crippen LogP contribution in [-0.2, 0) is 0 Å². The van der Waals surface area contributed by atoms with Gasteiger partial charge < -0.3 is 5.21 Å². The summed E-state index contributed by atoms with van der Waals surface area (Å²) in [6.45, 7) is 0. The van der Waals surface area contributed by atoms with Crippen molar-refractivity contribution in [2.45, 2.75) is 0 Å². The summed E-state index contributed by atoms with van der Waals surface area (Å²) in [5.41, 5.74) is 0.498. The van der Waals surface area contributed by atoms with Gasteiger partial charge in [0.1, 0.15) is 11.6 Å². The summed E-state index contributed by atoms with van der Waals surface area (Å²) in [7, 11) is 0. The molecule has 0 aliphatic rings. The van der Waals surface area contributed by atoms with Gasteiger partial charge in [-0.25, -0.2) is 0 Å². The van der Waals surface area contributed by atoms with Gasteiger partial charge in [0.05, 0.1) is 11.2 Å². The molecule has 2 heterocycles. The molecule has 5 heteroatoms. The summed E-state index contributed by atoms with van der Waals surface area (Å²) in [4.78, 5) is 0. The third-order valence-corrected chi connectivity index (χ3v) is 1.80. The highest BCUT2D eigenvalue weighted by molar-refractivity contribution is 6.34. The molecule has 2 rings (SSSR count). The maximum atomic E-state index is 9.17. The summed E-state index contributed by atoms with van der Waals surface area (Å²) in [5.74, 6) is 0. The molecule has 0 saturated carbocycles. The fraction of sp³-hybridized carbons (Fsp3) is 0. The van der Waals surface area contributed by atoms with Crippen LogP contribution in [0.25, 0.3) is 11.0 Å². The minimum atomic E-state index is 0.498. The molecule has 0 unspecified atom stereocenters. The molecule has 11 heavy (non-hydrogen) atoms. The number of hydrogen-bond donors (Lipinski definition) is 2. The van der Waals surface area contributed by atoms with E-state index in [-0.39, 0.29) is 0 Å². The van der Waals surface area contributed by atoms with Gasteiger partial charge in [-0.05, 0) is 4.73 Å². The Hall–Kier alpha value is -1.29. The zero-order valence-electron chi connectivity index (χ0n) is 5.45. The predicted molar refractivity (Wildman–Crippen MR) is 38.5 cm³/mol. The van der Waals surface area contributed by atoms with Gasteiger partial charge in [0, 0.05) is 6.07 Å². The van der Waals surface area contributed by atoms with Crippen LogP contribution < -0.4 is 4.73 Å². The standard InChI is InChI=1S/C6H4ClN3O/c7-5-1-2-10(11)6-4(5)3-8-9-6/h1-3,11H/p+1. The molecule has 0 aliphatic carbocycles. The molecule has 0 bridgehead atoms. The highest BCUT2D eigenvalue weighted by atomic mass is 35.5. The minimum Gasteiger partial charge on any atom is -0.350 e. The Labute approximate surface area is 67.0 Å². The fourth-order valence-corrected chi connectivity index (χ4v) is 1.12. The smallest absolute Gasteiger partial charge is 0.349 e. The number of fused-ring (bicyclic) bond motifs is 1. The highest BCUT2D eigenvalue weighted by Gasteiger charge is 2.10. The van der Waals surface area contributed by atoms with Crippen molar-refractivity contribution in [3.63, 3.8) is 0 Å². The van der Waals surface area contributed by atoms with Crippen LogP contribution in [0.4, 0.5) is 0 Å². The SMILES string of the molecule is O[n+]1ccc(Cl)c2cn[nH]c21. The van der Waals surface area contributed by atoms with Crippen molar-refractivity contribution in [3.05, 3.63) is 23.5 Å². The van der Waals surface area contributed by atoms with Crippen molar-refractivity contribution in [1.82, 2.24) is 10.2 Å². The van der Waals surface area contributed by atoms with Gasteiger partial charge >= 0.3 is 5.65 Å². The lowest BCUT2D eigenvalue weighted by atomic mass is 10.4. The number of aromatic nitrogens is 3. The normalized spacial score (nSPS) is 10.6. The van der Waals surface area contributed by atoms with Gasteiger partial charge in [-0.15, -0.1) is 5.10 Å². The second kappa shape index (κ2) is 2.10. The van der Waals surface area contributed by atoms with E-state index in [1.807, 2.05) is 0 Å². The van der Waals surface area contributed by atoms with Crippen LogP contribution in [0.15, 0.2) is 18.5 Å². The Morgan fingerprint density at radius 2 is 2.45 bits per heavy atom. The summed E-state index contributed by atoms with van der Waals surface area (Å²) in [5, 5.41) is 16.8. The Morgan fingerprint density at radius 1 is 1.64 bits per heavy atom. The molecule has 2 aromatic rings. The molecular formula is C6H5ClN3O+. The molecule has 0 atom stereocenters. The van der Waals surface area contributed by atoms with Crippen molar-refractivity contribution in [2.24, 2.45) is 0 Å². The van der Waals surface area contributed by atoms with E-state index in [0.29, 0.717) is 16.1 Å². The Bertz CT molecular complexity index is 362. The van der Waals surface area contributed by atoms with Gasteiger partial charge in [0.2, 0.25) is 0 Å². The van der Waals surface area contributed by atoms with E-state index < -0.39 is 0 Å². The van der Waals surface area contributed by atoms with Gasteiger partial charge in [-0.1, -0.05) is 16.7 Å². The van der Waals surface area contributed by atoms with Crippen LogP contribution in [0, 0.1) is 0 Å². The van der Waals surface area contributed by atoms with E-state index in [4.69, 9.17) is 11.6 Å². The molecule has 0 saturated heterocycles. The Kier molecular flexibility index (Phi) is 1.22. The molecule has 2 aromatic heterocycles. The van der Waals surface area contributed by atoms with E-state index in [0.717, 1.165) is 4.73 Å². The van der Waals surface area contributed by atoms with Crippen LogP contribution in [0.2, 0.25) is 5.02 Å². The molecule has 0 aromatic carbocycles. The highest BCUT2D eigenvalue weighted by Crippen LogP contribution is 2.16. The quantitative estimate of drug-likeness (QED) is 0.453. The van der Waals surface area contributed by atoms with Crippen LogP contribution in [0.5, 0.6) is 0 Å². The van der Waals surface area contributed by atoms with E-state index in [1.165, 1.54) is 6.20 Å².